The maximum absolute atomic E-state index is 8.81. The Morgan fingerprint density at radius 3 is 2.96 bits per heavy atom. The zero-order chi connectivity index (χ0) is 16.2. The molecule has 1 aliphatic rings. The van der Waals surface area contributed by atoms with Crippen LogP contribution in [-0.4, -0.2) is 29.5 Å². The predicted octanol–water partition coefficient (Wildman–Crippen LogP) is 3.73. The van der Waals surface area contributed by atoms with E-state index in [1.807, 2.05) is 18.2 Å². The van der Waals surface area contributed by atoms with Gasteiger partial charge in [-0.3, -0.25) is 4.90 Å². The first kappa shape index (κ1) is 16.1. The fraction of sp³-hybridized carbons (Fsp3) is 0.294. The van der Waals surface area contributed by atoms with Crippen LogP contribution in [0.15, 0.2) is 30.5 Å². The molecular formula is C17H16Cl2N4. The van der Waals surface area contributed by atoms with Crippen LogP contribution in [0.5, 0.6) is 0 Å². The molecule has 3 rings (SSSR count). The van der Waals surface area contributed by atoms with E-state index in [1.165, 1.54) is 17.3 Å². The molecule has 0 saturated carbocycles. The van der Waals surface area contributed by atoms with E-state index in [0.29, 0.717) is 16.4 Å². The van der Waals surface area contributed by atoms with Crippen LogP contribution in [0.4, 0.5) is 5.82 Å². The number of benzene rings is 1. The third-order valence-corrected chi connectivity index (χ3v) is 4.62. The summed E-state index contributed by atoms with van der Waals surface area (Å²) in [6, 6.07) is 9.74. The third-order valence-electron chi connectivity index (χ3n) is 3.98. The van der Waals surface area contributed by atoms with E-state index in [2.05, 4.69) is 21.3 Å². The lowest BCUT2D eigenvalue weighted by Gasteiger charge is -2.29. The van der Waals surface area contributed by atoms with Crippen LogP contribution < -0.4 is 5.32 Å². The average molecular weight is 347 g/mol. The molecule has 0 spiro atoms. The number of hydrogen-bond donors (Lipinski definition) is 1. The fourth-order valence-corrected chi connectivity index (χ4v) is 3.30. The number of nitrogens with zero attached hydrogens (tertiary/aromatic N) is 3. The summed E-state index contributed by atoms with van der Waals surface area (Å²) in [5, 5.41) is 13.4. The molecule has 0 saturated heterocycles. The van der Waals surface area contributed by atoms with Gasteiger partial charge in [0, 0.05) is 37.4 Å². The summed E-state index contributed by atoms with van der Waals surface area (Å²) in [4.78, 5) is 6.56. The predicted molar refractivity (Wildman–Crippen MR) is 92.9 cm³/mol. The standard InChI is InChI=1S/C17H16Cl2N4/c18-15-3-1-2-13-11-23(6-4-14(13)15)7-5-21-17-16(19)8-12(9-20)10-22-17/h1-3,8,10H,4-7,11H2,(H,21,22). The highest BCUT2D eigenvalue weighted by molar-refractivity contribution is 6.33. The van der Waals surface area contributed by atoms with Crippen LogP contribution in [0.25, 0.3) is 0 Å². The van der Waals surface area contributed by atoms with Crippen molar-refractivity contribution in [3.63, 3.8) is 0 Å². The SMILES string of the molecule is N#Cc1cnc(NCCN2CCc3c(Cl)cccc3C2)c(Cl)c1. The van der Waals surface area contributed by atoms with E-state index in [-0.39, 0.29) is 0 Å². The molecule has 6 heteroatoms. The molecule has 1 aromatic heterocycles. The largest absolute Gasteiger partial charge is 0.368 e. The van der Waals surface area contributed by atoms with Crippen molar-refractivity contribution >= 4 is 29.0 Å². The van der Waals surface area contributed by atoms with Gasteiger partial charge in [-0.15, -0.1) is 0 Å². The van der Waals surface area contributed by atoms with Crippen molar-refractivity contribution in [1.82, 2.24) is 9.88 Å². The van der Waals surface area contributed by atoms with Crippen molar-refractivity contribution in [2.45, 2.75) is 13.0 Å². The molecule has 0 unspecified atom stereocenters. The molecule has 2 heterocycles. The summed E-state index contributed by atoms with van der Waals surface area (Å²) in [5.41, 5.74) is 3.04. The van der Waals surface area contributed by atoms with Crippen LogP contribution in [-0.2, 0) is 13.0 Å². The fourth-order valence-electron chi connectivity index (χ4n) is 2.77. The Hall–Kier alpha value is -1.80. The van der Waals surface area contributed by atoms with Gasteiger partial charge in [0.2, 0.25) is 0 Å². The van der Waals surface area contributed by atoms with E-state index in [0.717, 1.165) is 37.6 Å². The first-order chi connectivity index (χ1) is 11.2. The second-order valence-corrected chi connectivity index (χ2v) is 6.31. The van der Waals surface area contributed by atoms with Gasteiger partial charge in [-0.25, -0.2) is 4.98 Å². The Kier molecular flexibility index (Phi) is 5.02. The number of fused-ring (bicyclic) bond motifs is 1. The first-order valence-corrected chi connectivity index (χ1v) is 8.21. The summed E-state index contributed by atoms with van der Waals surface area (Å²) in [6.07, 6.45) is 2.50. The van der Waals surface area contributed by atoms with Gasteiger partial charge in [-0.05, 0) is 29.7 Å². The molecule has 0 fully saturated rings. The van der Waals surface area contributed by atoms with Gasteiger partial charge in [0.1, 0.15) is 11.9 Å². The van der Waals surface area contributed by atoms with Gasteiger partial charge in [-0.1, -0.05) is 35.3 Å². The lowest BCUT2D eigenvalue weighted by atomic mass is 10.00. The molecular weight excluding hydrogens is 331 g/mol. The lowest BCUT2D eigenvalue weighted by molar-refractivity contribution is 0.264. The minimum atomic E-state index is 0.463. The Balaban J connectivity index is 1.55. The van der Waals surface area contributed by atoms with Crippen molar-refractivity contribution in [2.75, 3.05) is 25.0 Å². The van der Waals surface area contributed by atoms with Gasteiger partial charge < -0.3 is 5.32 Å². The number of aromatic nitrogens is 1. The number of pyridine rings is 1. The molecule has 2 aromatic rings. The number of nitriles is 1. The molecule has 0 aliphatic carbocycles. The van der Waals surface area contributed by atoms with Crippen LogP contribution in [0, 0.1) is 11.3 Å². The smallest absolute Gasteiger partial charge is 0.144 e. The van der Waals surface area contributed by atoms with Gasteiger partial charge in [-0.2, -0.15) is 5.26 Å². The topological polar surface area (TPSA) is 52.0 Å². The van der Waals surface area contributed by atoms with Crippen molar-refractivity contribution in [2.24, 2.45) is 0 Å². The second-order valence-electron chi connectivity index (χ2n) is 5.50. The zero-order valence-corrected chi connectivity index (χ0v) is 14.0. The molecule has 118 valence electrons. The highest BCUT2D eigenvalue weighted by atomic mass is 35.5. The maximum Gasteiger partial charge on any atom is 0.144 e. The lowest BCUT2D eigenvalue weighted by Crippen LogP contribution is -2.34. The number of hydrogen-bond acceptors (Lipinski definition) is 4. The van der Waals surface area contributed by atoms with Crippen LogP contribution in [0.3, 0.4) is 0 Å². The van der Waals surface area contributed by atoms with Crippen molar-refractivity contribution in [1.29, 1.82) is 5.26 Å². The Morgan fingerprint density at radius 2 is 2.17 bits per heavy atom. The number of rotatable bonds is 4. The normalized spacial score (nSPS) is 14.1. The molecule has 4 nitrogen and oxygen atoms in total. The molecule has 1 N–H and O–H groups in total. The van der Waals surface area contributed by atoms with Gasteiger partial charge >= 0.3 is 0 Å². The number of anilines is 1. The Morgan fingerprint density at radius 1 is 1.30 bits per heavy atom. The summed E-state index contributed by atoms with van der Waals surface area (Å²) in [5.74, 6) is 0.617. The monoisotopic (exact) mass is 346 g/mol. The quantitative estimate of drug-likeness (QED) is 0.916. The molecule has 1 aliphatic heterocycles. The average Bonchev–Trinajstić information content (AvgIpc) is 2.56. The van der Waals surface area contributed by atoms with E-state index in [9.17, 15) is 0 Å². The summed E-state index contributed by atoms with van der Waals surface area (Å²) in [6.45, 7) is 3.54. The second kappa shape index (κ2) is 7.18. The zero-order valence-electron chi connectivity index (χ0n) is 12.5. The summed E-state index contributed by atoms with van der Waals surface area (Å²) in [7, 11) is 0. The molecule has 0 amide bonds. The highest BCUT2D eigenvalue weighted by Crippen LogP contribution is 2.26. The highest BCUT2D eigenvalue weighted by Gasteiger charge is 2.17. The first-order valence-electron chi connectivity index (χ1n) is 7.45. The number of nitrogens with one attached hydrogen (secondary N) is 1. The van der Waals surface area contributed by atoms with Crippen molar-refractivity contribution in [3.8, 4) is 6.07 Å². The van der Waals surface area contributed by atoms with Crippen molar-refractivity contribution < 1.29 is 0 Å². The summed E-state index contributed by atoms with van der Waals surface area (Å²) >= 11 is 12.3. The summed E-state index contributed by atoms with van der Waals surface area (Å²) < 4.78 is 0. The third kappa shape index (κ3) is 3.76. The maximum atomic E-state index is 8.81. The molecule has 0 atom stereocenters. The molecule has 0 bridgehead atoms. The van der Waals surface area contributed by atoms with Gasteiger partial charge in [0.05, 0.1) is 10.6 Å². The van der Waals surface area contributed by atoms with E-state index in [1.54, 1.807) is 6.07 Å². The van der Waals surface area contributed by atoms with Crippen molar-refractivity contribution in [3.05, 3.63) is 57.2 Å². The van der Waals surface area contributed by atoms with Crippen LogP contribution in [0.2, 0.25) is 10.0 Å². The number of halogens is 2. The molecule has 23 heavy (non-hydrogen) atoms. The van der Waals surface area contributed by atoms with Crippen LogP contribution in [0.1, 0.15) is 16.7 Å². The van der Waals surface area contributed by atoms with Gasteiger partial charge in [0.15, 0.2) is 0 Å². The van der Waals surface area contributed by atoms with E-state index in [4.69, 9.17) is 28.5 Å². The van der Waals surface area contributed by atoms with Crippen LogP contribution >= 0.6 is 23.2 Å². The van der Waals surface area contributed by atoms with E-state index < -0.39 is 0 Å². The minimum absolute atomic E-state index is 0.463. The molecule has 1 aromatic carbocycles. The Bertz CT molecular complexity index is 755. The molecule has 0 radical (unpaired) electrons. The minimum Gasteiger partial charge on any atom is -0.368 e. The van der Waals surface area contributed by atoms with E-state index >= 15 is 0 Å². The Labute approximate surface area is 145 Å². The van der Waals surface area contributed by atoms with Gasteiger partial charge in [0.25, 0.3) is 0 Å².